The number of hydrogen-bond donors (Lipinski definition) is 1. The SMILES string of the molecule is CCOC(=O)c1ccc2c(=O)[nH]cnc2n1. The normalized spacial score (nSPS) is 10.3. The van der Waals surface area contributed by atoms with E-state index in [0.717, 1.165) is 0 Å². The lowest BCUT2D eigenvalue weighted by molar-refractivity contribution is 0.0520. The maximum atomic E-state index is 11.4. The average molecular weight is 219 g/mol. The number of carbonyl (C=O) groups excluding carboxylic acids is 1. The van der Waals surface area contributed by atoms with Crippen molar-refractivity contribution in [1.82, 2.24) is 15.0 Å². The van der Waals surface area contributed by atoms with Crippen molar-refractivity contribution in [2.75, 3.05) is 6.61 Å². The van der Waals surface area contributed by atoms with Gasteiger partial charge >= 0.3 is 5.97 Å². The monoisotopic (exact) mass is 219 g/mol. The van der Waals surface area contributed by atoms with Crippen molar-refractivity contribution >= 4 is 17.0 Å². The smallest absolute Gasteiger partial charge is 0.357 e. The molecule has 0 aromatic carbocycles. The highest BCUT2D eigenvalue weighted by atomic mass is 16.5. The molecule has 6 heteroatoms. The van der Waals surface area contributed by atoms with E-state index in [1.54, 1.807) is 6.92 Å². The topological polar surface area (TPSA) is 84.9 Å². The number of nitrogens with one attached hydrogen (secondary N) is 1. The molecule has 0 saturated heterocycles. The van der Waals surface area contributed by atoms with Gasteiger partial charge in [-0.2, -0.15) is 0 Å². The van der Waals surface area contributed by atoms with Crippen LogP contribution in [-0.2, 0) is 4.74 Å². The van der Waals surface area contributed by atoms with E-state index in [0.29, 0.717) is 5.39 Å². The van der Waals surface area contributed by atoms with Gasteiger partial charge in [-0.15, -0.1) is 0 Å². The Kier molecular flexibility index (Phi) is 2.63. The second-order valence-electron chi connectivity index (χ2n) is 3.02. The van der Waals surface area contributed by atoms with Gasteiger partial charge in [0, 0.05) is 0 Å². The van der Waals surface area contributed by atoms with Crippen molar-refractivity contribution in [3.63, 3.8) is 0 Å². The van der Waals surface area contributed by atoms with Crippen LogP contribution in [0.1, 0.15) is 17.4 Å². The first-order valence-corrected chi connectivity index (χ1v) is 4.74. The molecule has 2 aromatic rings. The van der Waals surface area contributed by atoms with Gasteiger partial charge < -0.3 is 9.72 Å². The van der Waals surface area contributed by atoms with Crippen molar-refractivity contribution in [2.24, 2.45) is 0 Å². The Morgan fingerprint density at radius 2 is 2.31 bits per heavy atom. The zero-order valence-electron chi connectivity index (χ0n) is 8.56. The molecule has 0 aliphatic carbocycles. The third kappa shape index (κ3) is 1.77. The summed E-state index contributed by atoms with van der Waals surface area (Å²) in [6.07, 6.45) is 1.24. The van der Waals surface area contributed by atoms with Crippen LogP contribution in [0.5, 0.6) is 0 Å². The van der Waals surface area contributed by atoms with Crippen LogP contribution in [0.4, 0.5) is 0 Å². The summed E-state index contributed by atoms with van der Waals surface area (Å²) in [5, 5.41) is 0.343. The van der Waals surface area contributed by atoms with Crippen LogP contribution in [0.2, 0.25) is 0 Å². The number of fused-ring (bicyclic) bond motifs is 1. The lowest BCUT2D eigenvalue weighted by Crippen LogP contribution is -2.11. The minimum absolute atomic E-state index is 0.146. The lowest BCUT2D eigenvalue weighted by Gasteiger charge is -2.01. The van der Waals surface area contributed by atoms with Gasteiger partial charge in [-0.3, -0.25) is 4.79 Å². The van der Waals surface area contributed by atoms with Gasteiger partial charge in [-0.1, -0.05) is 0 Å². The number of aromatic nitrogens is 3. The summed E-state index contributed by atoms with van der Waals surface area (Å²) in [6, 6.07) is 2.94. The summed E-state index contributed by atoms with van der Waals surface area (Å²) in [4.78, 5) is 33.0. The molecule has 0 aliphatic heterocycles. The van der Waals surface area contributed by atoms with Gasteiger partial charge in [-0.05, 0) is 19.1 Å². The van der Waals surface area contributed by atoms with E-state index < -0.39 is 5.97 Å². The van der Waals surface area contributed by atoms with Crippen molar-refractivity contribution < 1.29 is 9.53 Å². The Hall–Kier alpha value is -2.24. The van der Waals surface area contributed by atoms with E-state index in [1.165, 1.54) is 18.5 Å². The standard InChI is InChI=1S/C10H9N3O3/c1-2-16-10(15)7-4-3-6-8(13-7)11-5-12-9(6)14/h3-5H,2H2,1H3,(H,11,12,13,14). The summed E-state index contributed by atoms with van der Waals surface area (Å²) < 4.78 is 4.79. The van der Waals surface area contributed by atoms with Crippen LogP contribution in [0, 0.1) is 0 Å². The maximum Gasteiger partial charge on any atom is 0.357 e. The van der Waals surface area contributed by atoms with Gasteiger partial charge in [0.1, 0.15) is 0 Å². The molecule has 0 spiro atoms. The molecular weight excluding hydrogens is 210 g/mol. The zero-order chi connectivity index (χ0) is 11.5. The Labute approximate surface area is 90.3 Å². The molecule has 2 rings (SSSR count). The molecule has 6 nitrogen and oxygen atoms in total. The predicted molar refractivity (Wildman–Crippen MR) is 56.1 cm³/mol. The molecule has 0 amide bonds. The minimum Gasteiger partial charge on any atom is -0.461 e. The van der Waals surface area contributed by atoms with Gasteiger partial charge in [0.25, 0.3) is 5.56 Å². The Morgan fingerprint density at radius 1 is 1.50 bits per heavy atom. The first kappa shape index (κ1) is 10.3. The number of esters is 1. The molecule has 0 aliphatic rings. The van der Waals surface area contributed by atoms with Crippen molar-refractivity contribution in [2.45, 2.75) is 6.92 Å². The Balaban J connectivity index is 2.53. The molecule has 0 fully saturated rings. The van der Waals surface area contributed by atoms with E-state index in [-0.39, 0.29) is 23.5 Å². The fraction of sp³-hybridized carbons (Fsp3) is 0.200. The van der Waals surface area contributed by atoms with E-state index in [1.807, 2.05) is 0 Å². The summed E-state index contributed by atoms with van der Waals surface area (Å²) in [5.74, 6) is -0.522. The number of nitrogens with zero attached hydrogens (tertiary/aromatic N) is 2. The fourth-order valence-electron chi connectivity index (χ4n) is 1.27. The molecule has 82 valence electrons. The predicted octanol–water partition coefficient (Wildman–Crippen LogP) is 0.495. The maximum absolute atomic E-state index is 11.4. The first-order chi connectivity index (χ1) is 7.72. The quantitative estimate of drug-likeness (QED) is 0.743. The summed E-state index contributed by atoms with van der Waals surface area (Å²) in [5.41, 5.74) is 0.0923. The number of ether oxygens (including phenoxy) is 1. The van der Waals surface area contributed by atoms with Crippen molar-refractivity contribution in [3.8, 4) is 0 Å². The summed E-state index contributed by atoms with van der Waals surface area (Å²) in [6.45, 7) is 1.99. The second kappa shape index (κ2) is 4.09. The van der Waals surface area contributed by atoms with E-state index in [4.69, 9.17) is 4.74 Å². The number of rotatable bonds is 2. The minimum atomic E-state index is -0.522. The molecule has 0 saturated carbocycles. The molecule has 2 aromatic heterocycles. The fourth-order valence-corrected chi connectivity index (χ4v) is 1.27. The van der Waals surface area contributed by atoms with Gasteiger partial charge in [-0.25, -0.2) is 14.8 Å². The number of pyridine rings is 1. The van der Waals surface area contributed by atoms with Crippen LogP contribution in [0.3, 0.4) is 0 Å². The third-order valence-corrected chi connectivity index (χ3v) is 1.99. The van der Waals surface area contributed by atoms with Crippen LogP contribution < -0.4 is 5.56 Å². The summed E-state index contributed by atoms with van der Waals surface area (Å²) >= 11 is 0. The molecular formula is C10H9N3O3. The van der Waals surface area contributed by atoms with Crippen LogP contribution in [-0.4, -0.2) is 27.5 Å². The van der Waals surface area contributed by atoms with Crippen LogP contribution in [0.15, 0.2) is 23.3 Å². The van der Waals surface area contributed by atoms with Gasteiger partial charge in [0.15, 0.2) is 11.3 Å². The van der Waals surface area contributed by atoms with Crippen LogP contribution >= 0.6 is 0 Å². The lowest BCUT2D eigenvalue weighted by atomic mass is 10.3. The highest BCUT2D eigenvalue weighted by molar-refractivity contribution is 5.89. The third-order valence-electron chi connectivity index (χ3n) is 1.99. The highest BCUT2D eigenvalue weighted by Gasteiger charge is 2.10. The molecule has 0 bridgehead atoms. The first-order valence-electron chi connectivity index (χ1n) is 4.74. The van der Waals surface area contributed by atoms with Gasteiger partial charge in [0.2, 0.25) is 0 Å². The molecule has 16 heavy (non-hydrogen) atoms. The molecule has 1 N–H and O–H groups in total. The highest BCUT2D eigenvalue weighted by Crippen LogP contribution is 2.05. The number of carbonyl (C=O) groups is 1. The zero-order valence-corrected chi connectivity index (χ0v) is 8.56. The second-order valence-corrected chi connectivity index (χ2v) is 3.02. The Bertz CT molecular complexity index is 591. The van der Waals surface area contributed by atoms with E-state index in [9.17, 15) is 9.59 Å². The van der Waals surface area contributed by atoms with Crippen molar-refractivity contribution in [1.29, 1.82) is 0 Å². The number of hydrogen-bond acceptors (Lipinski definition) is 5. The largest absolute Gasteiger partial charge is 0.461 e. The molecule has 0 unspecified atom stereocenters. The average Bonchev–Trinajstić information content (AvgIpc) is 2.29. The Morgan fingerprint density at radius 3 is 3.06 bits per heavy atom. The molecule has 0 atom stereocenters. The van der Waals surface area contributed by atoms with Crippen molar-refractivity contribution in [3.05, 3.63) is 34.5 Å². The van der Waals surface area contributed by atoms with Gasteiger partial charge in [0.05, 0.1) is 18.3 Å². The van der Waals surface area contributed by atoms with E-state index in [2.05, 4.69) is 15.0 Å². The number of aromatic amines is 1. The van der Waals surface area contributed by atoms with Crippen LogP contribution in [0.25, 0.3) is 11.0 Å². The number of H-pyrrole nitrogens is 1. The van der Waals surface area contributed by atoms with E-state index >= 15 is 0 Å². The molecule has 0 radical (unpaired) electrons. The molecule has 2 heterocycles. The summed E-state index contributed by atoms with van der Waals surface area (Å²) in [7, 11) is 0.